The van der Waals surface area contributed by atoms with E-state index < -0.39 is 0 Å². The number of carbonyl (C=O) groups is 1. The molecule has 0 atom stereocenters. The van der Waals surface area contributed by atoms with Gasteiger partial charge in [-0.15, -0.1) is 0 Å². The van der Waals surface area contributed by atoms with Crippen LogP contribution in [0.4, 0.5) is 11.6 Å². The molecule has 0 aliphatic carbocycles. The minimum atomic E-state index is -0.241. The highest BCUT2D eigenvalue weighted by atomic mass is 79.9. The zero-order valence-corrected chi connectivity index (χ0v) is 14.3. The molecule has 1 aliphatic heterocycles. The third-order valence-corrected chi connectivity index (χ3v) is 4.08. The second kappa shape index (κ2) is 7.01. The monoisotopic (exact) mass is 376 g/mol. The van der Waals surface area contributed by atoms with E-state index in [1.54, 1.807) is 24.7 Å². The van der Waals surface area contributed by atoms with Crippen LogP contribution in [0, 0.1) is 0 Å². The highest BCUT2D eigenvalue weighted by Gasteiger charge is 2.16. The molecule has 0 bridgehead atoms. The van der Waals surface area contributed by atoms with Gasteiger partial charge in [0, 0.05) is 43.0 Å². The second-order valence-electron chi connectivity index (χ2n) is 5.41. The average molecular weight is 377 g/mol. The third kappa shape index (κ3) is 4.02. The molecule has 0 saturated carbocycles. The number of carbonyl (C=O) groups excluding carboxylic acids is 1. The number of hydrogen-bond acceptors (Lipinski definition) is 6. The van der Waals surface area contributed by atoms with Gasteiger partial charge >= 0.3 is 0 Å². The summed E-state index contributed by atoms with van der Waals surface area (Å²) >= 11 is 3.30. The van der Waals surface area contributed by atoms with Gasteiger partial charge in [0.25, 0.3) is 5.91 Å². The molecule has 1 aliphatic rings. The quantitative estimate of drug-likeness (QED) is 0.877. The molecular formula is C15H17BrN6O. The number of likely N-dealkylation sites (N-methyl/N-ethyl adjacent to an activating group) is 1. The van der Waals surface area contributed by atoms with Crippen LogP contribution in [-0.4, -0.2) is 59.0 Å². The Morgan fingerprint density at radius 3 is 2.48 bits per heavy atom. The van der Waals surface area contributed by atoms with Gasteiger partial charge in [-0.3, -0.25) is 9.78 Å². The standard InChI is InChI=1S/C15H17BrN6O/c1-21-2-4-22(5-3-21)15-18-9-13(10-19-15)20-14(23)11-6-12(16)8-17-7-11/h6-10H,2-5H2,1H3,(H,20,23). The van der Waals surface area contributed by atoms with E-state index in [-0.39, 0.29) is 5.91 Å². The summed E-state index contributed by atoms with van der Waals surface area (Å²) in [6.07, 6.45) is 6.40. The maximum Gasteiger partial charge on any atom is 0.257 e. The lowest BCUT2D eigenvalue weighted by atomic mass is 10.2. The summed E-state index contributed by atoms with van der Waals surface area (Å²) in [6.45, 7) is 3.81. The predicted molar refractivity (Wildman–Crippen MR) is 91.6 cm³/mol. The number of anilines is 2. The Morgan fingerprint density at radius 2 is 1.83 bits per heavy atom. The number of aromatic nitrogens is 3. The molecule has 1 N–H and O–H groups in total. The van der Waals surface area contributed by atoms with Crippen molar-refractivity contribution in [2.45, 2.75) is 0 Å². The van der Waals surface area contributed by atoms with E-state index in [9.17, 15) is 4.79 Å². The number of hydrogen-bond donors (Lipinski definition) is 1. The van der Waals surface area contributed by atoms with Crippen molar-refractivity contribution in [3.05, 3.63) is 40.9 Å². The van der Waals surface area contributed by atoms with E-state index in [1.807, 2.05) is 0 Å². The molecular weight excluding hydrogens is 360 g/mol. The van der Waals surface area contributed by atoms with E-state index in [2.05, 4.69) is 53.0 Å². The van der Waals surface area contributed by atoms with Crippen molar-refractivity contribution in [2.75, 3.05) is 43.4 Å². The van der Waals surface area contributed by atoms with Gasteiger partial charge in [-0.1, -0.05) is 0 Å². The molecule has 0 unspecified atom stereocenters. The van der Waals surface area contributed by atoms with Gasteiger partial charge in [-0.25, -0.2) is 9.97 Å². The lowest BCUT2D eigenvalue weighted by molar-refractivity contribution is 0.102. The molecule has 2 aromatic rings. The Balaban J connectivity index is 1.64. The molecule has 2 aromatic heterocycles. The van der Waals surface area contributed by atoms with Crippen molar-refractivity contribution in [1.29, 1.82) is 0 Å². The smallest absolute Gasteiger partial charge is 0.257 e. The Labute approximate surface area is 142 Å². The molecule has 0 radical (unpaired) electrons. The van der Waals surface area contributed by atoms with Crippen molar-refractivity contribution in [3.63, 3.8) is 0 Å². The molecule has 23 heavy (non-hydrogen) atoms. The fourth-order valence-corrected chi connectivity index (χ4v) is 2.66. The first-order valence-corrected chi connectivity index (χ1v) is 8.08. The average Bonchev–Trinajstić information content (AvgIpc) is 2.56. The minimum Gasteiger partial charge on any atom is -0.338 e. The van der Waals surface area contributed by atoms with Crippen LogP contribution in [0.5, 0.6) is 0 Å². The number of rotatable bonds is 3. The molecule has 1 saturated heterocycles. The van der Waals surface area contributed by atoms with Crippen LogP contribution in [0.2, 0.25) is 0 Å². The molecule has 8 heteroatoms. The molecule has 0 spiro atoms. The van der Waals surface area contributed by atoms with E-state index in [0.29, 0.717) is 17.2 Å². The van der Waals surface area contributed by atoms with Crippen LogP contribution in [-0.2, 0) is 0 Å². The van der Waals surface area contributed by atoms with Crippen molar-refractivity contribution in [2.24, 2.45) is 0 Å². The largest absolute Gasteiger partial charge is 0.338 e. The first-order valence-electron chi connectivity index (χ1n) is 7.29. The summed E-state index contributed by atoms with van der Waals surface area (Å²) in [6, 6.07) is 1.71. The highest BCUT2D eigenvalue weighted by Crippen LogP contribution is 2.14. The number of amides is 1. The van der Waals surface area contributed by atoms with Crippen LogP contribution in [0.25, 0.3) is 0 Å². The van der Waals surface area contributed by atoms with Crippen molar-refractivity contribution >= 4 is 33.5 Å². The van der Waals surface area contributed by atoms with Crippen molar-refractivity contribution in [3.8, 4) is 0 Å². The van der Waals surface area contributed by atoms with Crippen LogP contribution in [0.1, 0.15) is 10.4 Å². The zero-order valence-electron chi connectivity index (χ0n) is 12.7. The third-order valence-electron chi connectivity index (χ3n) is 3.65. The Kier molecular flexibility index (Phi) is 4.82. The summed E-state index contributed by atoms with van der Waals surface area (Å²) in [5, 5.41) is 2.77. The van der Waals surface area contributed by atoms with E-state index in [1.165, 1.54) is 6.20 Å². The lowest BCUT2D eigenvalue weighted by Crippen LogP contribution is -2.45. The second-order valence-corrected chi connectivity index (χ2v) is 6.32. The van der Waals surface area contributed by atoms with Gasteiger partial charge < -0.3 is 15.1 Å². The van der Waals surface area contributed by atoms with Crippen LogP contribution in [0.15, 0.2) is 35.3 Å². The highest BCUT2D eigenvalue weighted by molar-refractivity contribution is 9.10. The number of piperazine rings is 1. The normalized spacial score (nSPS) is 15.5. The van der Waals surface area contributed by atoms with E-state index in [0.717, 1.165) is 30.7 Å². The van der Waals surface area contributed by atoms with Gasteiger partial charge in [-0.2, -0.15) is 0 Å². The lowest BCUT2D eigenvalue weighted by Gasteiger charge is -2.32. The Morgan fingerprint density at radius 1 is 1.13 bits per heavy atom. The molecule has 3 heterocycles. The number of pyridine rings is 1. The van der Waals surface area contributed by atoms with E-state index in [4.69, 9.17) is 0 Å². The summed E-state index contributed by atoms with van der Waals surface area (Å²) in [5.41, 5.74) is 1.04. The maximum absolute atomic E-state index is 12.1. The number of nitrogens with zero attached hydrogens (tertiary/aromatic N) is 5. The van der Waals surface area contributed by atoms with Crippen LogP contribution < -0.4 is 10.2 Å². The minimum absolute atomic E-state index is 0.241. The number of halogens is 1. The maximum atomic E-state index is 12.1. The van der Waals surface area contributed by atoms with Gasteiger partial charge in [0.05, 0.1) is 23.6 Å². The van der Waals surface area contributed by atoms with E-state index >= 15 is 0 Å². The fourth-order valence-electron chi connectivity index (χ4n) is 2.29. The number of nitrogens with one attached hydrogen (secondary N) is 1. The van der Waals surface area contributed by atoms with Crippen LogP contribution >= 0.6 is 15.9 Å². The van der Waals surface area contributed by atoms with Gasteiger partial charge in [0.2, 0.25) is 5.95 Å². The van der Waals surface area contributed by atoms with Crippen molar-refractivity contribution in [1.82, 2.24) is 19.9 Å². The van der Waals surface area contributed by atoms with Crippen molar-refractivity contribution < 1.29 is 4.79 Å². The predicted octanol–water partition coefficient (Wildman–Crippen LogP) is 1.64. The van der Waals surface area contributed by atoms with Gasteiger partial charge in [-0.05, 0) is 29.0 Å². The summed E-state index contributed by atoms with van der Waals surface area (Å²) in [7, 11) is 2.10. The molecule has 1 amide bonds. The Bertz CT molecular complexity index is 685. The first-order chi connectivity index (χ1) is 11.1. The fraction of sp³-hybridized carbons (Fsp3) is 0.333. The van der Waals surface area contributed by atoms with Crippen LogP contribution in [0.3, 0.4) is 0 Å². The SMILES string of the molecule is CN1CCN(c2ncc(NC(=O)c3cncc(Br)c3)cn2)CC1. The Hall–Kier alpha value is -2.06. The molecule has 0 aromatic carbocycles. The summed E-state index contributed by atoms with van der Waals surface area (Å²) in [4.78, 5) is 29.2. The molecule has 1 fully saturated rings. The van der Waals surface area contributed by atoms with Gasteiger partial charge in [0.15, 0.2) is 0 Å². The van der Waals surface area contributed by atoms with Gasteiger partial charge in [0.1, 0.15) is 0 Å². The first kappa shape index (κ1) is 15.8. The molecule has 3 rings (SSSR count). The molecule has 7 nitrogen and oxygen atoms in total. The zero-order chi connectivity index (χ0) is 16.2. The topological polar surface area (TPSA) is 74.2 Å². The summed E-state index contributed by atoms with van der Waals surface area (Å²) < 4.78 is 0.756. The summed E-state index contributed by atoms with van der Waals surface area (Å²) in [5.74, 6) is 0.454. The molecule has 120 valence electrons.